The average Bonchev–Trinajstić information content (AvgIpc) is 2.56. The number of hydrogen-bond donors (Lipinski definition) is 1. The molecule has 0 saturated carbocycles. The Hall–Kier alpha value is -1.06. The summed E-state index contributed by atoms with van der Waals surface area (Å²) in [4.78, 5) is 2.24. The van der Waals surface area contributed by atoms with Gasteiger partial charge in [0.25, 0.3) is 0 Å². The fourth-order valence-corrected chi connectivity index (χ4v) is 3.92. The molecule has 2 unspecified atom stereocenters. The van der Waals surface area contributed by atoms with E-state index in [2.05, 4.69) is 42.3 Å². The van der Waals surface area contributed by atoms with Crippen molar-refractivity contribution in [2.24, 2.45) is 0 Å². The molecule has 0 aliphatic heterocycles. The molecule has 0 heterocycles. The molecule has 1 N–H and O–H groups in total. The Bertz CT molecular complexity index is 689. The van der Waals surface area contributed by atoms with E-state index in [0.29, 0.717) is 28.5 Å². The van der Waals surface area contributed by atoms with E-state index in [1.165, 1.54) is 16.7 Å². The summed E-state index contributed by atoms with van der Waals surface area (Å²) in [5.41, 5.74) is 3.92. The van der Waals surface area contributed by atoms with Crippen molar-refractivity contribution in [2.45, 2.75) is 24.8 Å². The van der Waals surface area contributed by atoms with Gasteiger partial charge in [0.2, 0.25) is 0 Å². The number of fused-ring (bicyclic) bond motifs is 1. The lowest BCUT2D eigenvalue weighted by molar-refractivity contribution is 0.166. The SMILES string of the molecule is CN(CCO)C1CCC(c2ccc(Cl)c(Cl)c2)c2ccccc21. The molecule has 0 fully saturated rings. The van der Waals surface area contributed by atoms with Crippen LogP contribution in [0.3, 0.4) is 0 Å². The number of halogens is 2. The van der Waals surface area contributed by atoms with E-state index >= 15 is 0 Å². The summed E-state index contributed by atoms with van der Waals surface area (Å²) in [7, 11) is 2.08. The Labute approximate surface area is 147 Å². The molecule has 2 aromatic rings. The minimum Gasteiger partial charge on any atom is -0.395 e. The molecule has 0 radical (unpaired) electrons. The van der Waals surface area contributed by atoms with E-state index in [9.17, 15) is 5.11 Å². The first-order chi connectivity index (χ1) is 11.1. The van der Waals surface area contributed by atoms with Crippen molar-refractivity contribution in [3.05, 3.63) is 69.2 Å². The largest absolute Gasteiger partial charge is 0.395 e. The minimum absolute atomic E-state index is 0.186. The smallest absolute Gasteiger partial charge is 0.0595 e. The second-order valence-corrected chi connectivity index (χ2v) is 6.97. The second-order valence-electron chi connectivity index (χ2n) is 6.15. The van der Waals surface area contributed by atoms with Gasteiger partial charge in [-0.3, -0.25) is 4.90 Å². The van der Waals surface area contributed by atoms with Crippen LogP contribution in [0.4, 0.5) is 0 Å². The van der Waals surface area contributed by atoms with Gasteiger partial charge < -0.3 is 5.11 Å². The Morgan fingerprint density at radius 1 is 1.04 bits per heavy atom. The zero-order valence-electron chi connectivity index (χ0n) is 13.2. The first-order valence-electron chi connectivity index (χ1n) is 7.96. The van der Waals surface area contributed by atoms with Crippen molar-refractivity contribution in [1.29, 1.82) is 0 Å². The van der Waals surface area contributed by atoms with Gasteiger partial charge in [-0.15, -0.1) is 0 Å². The molecule has 3 rings (SSSR count). The number of rotatable bonds is 4. The van der Waals surface area contributed by atoms with Crippen LogP contribution in [0.5, 0.6) is 0 Å². The van der Waals surface area contributed by atoms with E-state index in [0.717, 1.165) is 12.8 Å². The van der Waals surface area contributed by atoms with Crippen LogP contribution in [0, 0.1) is 0 Å². The molecule has 2 atom stereocenters. The molecule has 0 bridgehead atoms. The Morgan fingerprint density at radius 3 is 2.48 bits per heavy atom. The third-order valence-corrected chi connectivity index (χ3v) is 5.53. The fourth-order valence-electron chi connectivity index (χ4n) is 3.61. The Morgan fingerprint density at radius 2 is 1.78 bits per heavy atom. The van der Waals surface area contributed by atoms with Crippen molar-refractivity contribution in [3.63, 3.8) is 0 Å². The van der Waals surface area contributed by atoms with Crippen molar-refractivity contribution in [1.82, 2.24) is 4.90 Å². The Kier molecular flexibility index (Phi) is 5.27. The van der Waals surface area contributed by atoms with Crippen LogP contribution in [-0.2, 0) is 0 Å². The van der Waals surface area contributed by atoms with Crippen LogP contribution in [0.2, 0.25) is 10.0 Å². The molecular formula is C19H21Cl2NO. The summed E-state index contributed by atoms with van der Waals surface area (Å²) >= 11 is 12.3. The highest BCUT2D eigenvalue weighted by Crippen LogP contribution is 2.43. The number of hydrogen-bond acceptors (Lipinski definition) is 2. The second kappa shape index (κ2) is 7.23. The first-order valence-corrected chi connectivity index (χ1v) is 8.72. The van der Waals surface area contributed by atoms with Gasteiger partial charge in [-0.1, -0.05) is 53.5 Å². The van der Waals surface area contributed by atoms with Crippen LogP contribution in [0.15, 0.2) is 42.5 Å². The van der Waals surface area contributed by atoms with Gasteiger partial charge >= 0.3 is 0 Å². The standard InChI is InChI=1S/C19H21Cl2NO/c1-22(10-11-23)19-9-7-14(15-4-2-3-5-16(15)19)13-6-8-17(20)18(21)12-13/h2-6,8,12,14,19,23H,7,9-11H2,1H3. The summed E-state index contributed by atoms with van der Waals surface area (Å²) in [6.45, 7) is 0.877. The number of aliphatic hydroxyl groups is 1. The van der Waals surface area contributed by atoms with Gasteiger partial charge in [-0.25, -0.2) is 0 Å². The third-order valence-electron chi connectivity index (χ3n) is 4.79. The van der Waals surface area contributed by atoms with E-state index in [4.69, 9.17) is 23.2 Å². The van der Waals surface area contributed by atoms with Crippen molar-refractivity contribution < 1.29 is 5.11 Å². The normalized spacial score (nSPS) is 20.6. The maximum atomic E-state index is 9.23. The molecule has 0 aromatic heterocycles. The van der Waals surface area contributed by atoms with Crippen LogP contribution in [-0.4, -0.2) is 30.2 Å². The lowest BCUT2D eigenvalue weighted by Crippen LogP contribution is -2.31. The highest BCUT2D eigenvalue weighted by atomic mass is 35.5. The van der Waals surface area contributed by atoms with Gasteiger partial charge in [-0.05, 0) is 48.7 Å². The zero-order valence-corrected chi connectivity index (χ0v) is 14.7. The molecule has 1 aliphatic rings. The van der Waals surface area contributed by atoms with Crippen LogP contribution in [0.25, 0.3) is 0 Å². The maximum Gasteiger partial charge on any atom is 0.0595 e. The summed E-state index contributed by atoms with van der Waals surface area (Å²) in [5, 5.41) is 10.4. The van der Waals surface area contributed by atoms with Crippen LogP contribution < -0.4 is 0 Å². The molecule has 23 heavy (non-hydrogen) atoms. The van der Waals surface area contributed by atoms with E-state index in [-0.39, 0.29) is 6.61 Å². The fraction of sp³-hybridized carbons (Fsp3) is 0.368. The summed E-state index contributed by atoms with van der Waals surface area (Å²) < 4.78 is 0. The molecule has 0 spiro atoms. The molecular weight excluding hydrogens is 329 g/mol. The lowest BCUT2D eigenvalue weighted by atomic mass is 9.76. The molecule has 2 aromatic carbocycles. The molecule has 2 nitrogen and oxygen atoms in total. The maximum absolute atomic E-state index is 9.23. The molecule has 4 heteroatoms. The van der Waals surface area contributed by atoms with Gasteiger partial charge in [0.1, 0.15) is 0 Å². The number of aliphatic hydroxyl groups excluding tert-OH is 1. The third kappa shape index (κ3) is 3.41. The van der Waals surface area contributed by atoms with Crippen molar-refractivity contribution in [3.8, 4) is 0 Å². The zero-order chi connectivity index (χ0) is 16.4. The summed E-state index contributed by atoms with van der Waals surface area (Å²) in [6, 6.07) is 14.9. The average molecular weight is 350 g/mol. The number of likely N-dealkylation sites (N-methyl/N-ethyl adjacent to an activating group) is 1. The minimum atomic E-state index is 0.186. The monoisotopic (exact) mass is 349 g/mol. The molecule has 0 amide bonds. The predicted molar refractivity (Wildman–Crippen MR) is 96.4 cm³/mol. The summed E-state index contributed by atoms with van der Waals surface area (Å²) in [5.74, 6) is 0.347. The van der Waals surface area contributed by atoms with Gasteiger partial charge in [0, 0.05) is 18.5 Å². The van der Waals surface area contributed by atoms with Crippen molar-refractivity contribution >= 4 is 23.2 Å². The number of nitrogens with zero attached hydrogens (tertiary/aromatic N) is 1. The highest BCUT2D eigenvalue weighted by Gasteiger charge is 2.30. The van der Waals surface area contributed by atoms with E-state index in [1.807, 2.05) is 12.1 Å². The molecule has 1 aliphatic carbocycles. The highest BCUT2D eigenvalue weighted by molar-refractivity contribution is 6.42. The quantitative estimate of drug-likeness (QED) is 0.849. The Balaban J connectivity index is 1.98. The van der Waals surface area contributed by atoms with Crippen molar-refractivity contribution in [2.75, 3.05) is 20.2 Å². The van der Waals surface area contributed by atoms with E-state index < -0.39 is 0 Å². The van der Waals surface area contributed by atoms with Gasteiger partial charge in [0.15, 0.2) is 0 Å². The predicted octanol–water partition coefficient (Wildman–Crippen LogP) is 4.88. The van der Waals surface area contributed by atoms with Gasteiger partial charge in [0.05, 0.1) is 16.7 Å². The number of benzene rings is 2. The van der Waals surface area contributed by atoms with E-state index in [1.54, 1.807) is 0 Å². The summed E-state index contributed by atoms with van der Waals surface area (Å²) in [6.07, 6.45) is 2.13. The van der Waals surface area contributed by atoms with Gasteiger partial charge in [-0.2, -0.15) is 0 Å². The van der Waals surface area contributed by atoms with Crippen LogP contribution in [0.1, 0.15) is 41.5 Å². The van der Waals surface area contributed by atoms with Crippen LogP contribution >= 0.6 is 23.2 Å². The molecule has 0 saturated heterocycles. The lowest BCUT2D eigenvalue weighted by Gasteiger charge is -2.37. The topological polar surface area (TPSA) is 23.5 Å². The first kappa shape index (κ1) is 16.8. The molecule has 122 valence electrons.